The maximum Gasteiger partial charge on any atom is 0.266 e. The van der Waals surface area contributed by atoms with Crippen molar-refractivity contribution in [2.45, 2.75) is 0 Å². The Kier molecular flexibility index (Phi) is 8.53. The van der Waals surface area contributed by atoms with Gasteiger partial charge in [-0.15, -0.1) is 0 Å². The molecule has 0 atom stereocenters. The summed E-state index contributed by atoms with van der Waals surface area (Å²) in [6, 6.07) is 0. The summed E-state index contributed by atoms with van der Waals surface area (Å²) >= 11 is 0. The van der Waals surface area contributed by atoms with Gasteiger partial charge in [-0.2, -0.15) is 8.42 Å². The summed E-state index contributed by atoms with van der Waals surface area (Å²) in [6.45, 7) is 0.360. The summed E-state index contributed by atoms with van der Waals surface area (Å²) in [7, 11) is -0.278. The number of nitrogens with zero attached hydrogens (tertiary/aromatic N) is 1. The first-order valence-electron chi connectivity index (χ1n) is 2.52. The summed E-state index contributed by atoms with van der Waals surface area (Å²) in [4.78, 5) is 1.69. The molecule has 0 heterocycles. The molecule has 1 radical (unpaired) electrons. The Hall–Kier alpha value is 1.51. The average molecular weight is 192 g/mol. The SMILES string of the molecule is CN(C)CCS(=O)(=O)O.[K]. The van der Waals surface area contributed by atoms with Crippen molar-refractivity contribution in [1.29, 1.82) is 0 Å². The molecule has 0 saturated heterocycles. The Balaban J connectivity index is 0. The minimum atomic E-state index is -3.76. The zero-order chi connectivity index (χ0) is 7.49. The summed E-state index contributed by atoms with van der Waals surface area (Å²) < 4.78 is 28.3. The van der Waals surface area contributed by atoms with Crippen molar-refractivity contribution in [2.75, 3.05) is 26.4 Å². The molecule has 0 spiro atoms. The van der Waals surface area contributed by atoms with E-state index in [-0.39, 0.29) is 57.1 Å². The summed E-state index contributed by atoms with van der Waals surface area (Å²) in [5.41, 5.74) is 0. The van der Waals surface area contributed by atoms with Crippen molar-refractivity contribution in [3.8, 4) is 0 Å². The monoisotopic (exact) mass is 192 g/mol. The molecule has 0 aliphatic carbocycles. The molecule has 0 aliphatic rings. The van der Waals surface area contributed by atoms with Crippen LogP contribution in [0.5, 0.6) is 0 Å². The topological polar surface area (TPSA) is 57.6 Å². The first-order valence-corrected chi connectivity index (χ1v) is 4.12. The minimum absolute atomic E-state index is 0. The Morgan fingerprint density at radius 3 is 1.90 bits per heavy atom. The number of hydrogen-bond donors (Lipinski definition) is 1. The van der Waals surface area contributed by atoms with Gasteiger partial charge in [0.15, 0.2) is 0 Å². The molecule has 57 valence electrons. The van der Waals surface area contributed by atoms with Crippen molar-refractivity contribution in [3.63, 3.8) is 0 Å². The van der Waals surface area contributed by atoms with Crippen molar-refractivity contribution in [2.24, 2.45) is 0 Å². The Labute approximate surface area is 104 Å². The molecule has 0 rings (SSSR count). The fourth-order valence-corrected chi connectivity index (χ4v) is 0.894. The fourth-order valence-electron chi connectivity index (χ4n) is 0.298. The molecule has 1 N–H and O–H groups in total. The molecule has 6 heteroatoms. The van der Waals surface area contributed by atoms with E-state index in [1.165, 1.54) is 0 Å². The summed E-state index contributed by atoms with van der Waals surface area (Å²) in [5, 5.41) is 0. The smallest absolute Gasteiger partial charge is 0.266 e. The first-order chi connectivity index (χ1) is 3.92. The van der Waals surface area contributed by atoms with E-state index in [0.29, 0.717) is 6.54 Å². The van der Waals surface area contributed by atoms with E-state index in [1.54, 1.807) is 19.0 Å². The summed E-state index contributed by atoms with van der Waals surface area (Å²) in [6.07, 6.45) is 0. The van der Waals surface area contributed by atoms with Gasteiger partial charge in [0, 0.05) is 57.9 Å². The Morgan fingerprint density at radius 1 is 1.40 bits per heavy atom. The van der Waals surface area contributed by atoms with Crippen molar-refractivity contribution < 1.29 is 13.0 Å². The fraction of sp³-hybridized carbons (Fsp3) is 1.00. The normalized spacial score (nSPS) is 11.2. The van der Waals surface area contributed by atoms with Gasteiger partial charge in [-0.05, 0) is 14.1 Å². The van der Waals surface area contributed by atoms with Gasteiger partial charge in [-0.1, -0.05) is 0 Å². The van der Waals surface area contributed by atoms with E-state index >= 15 is 0 Å². The van der Waals surface area contributed by atoms with Crippen LogP contribution in [0, 0.1) is 0 Å². The largest absolute Gasteiger partial charge is 0.308 e. The van der Waals surface area contributed by atoms with Crippen molar-refractivity contribution >= 4 is 61.5 Å². The molecule has 10 heavy (non-hydrogen) atoms. The van der Waals surface area contributed by atoms with Crippen LogP contribution in [0.4, 0.5) is 0 Å². The van der Waals surface area contributed by atoms with Gasteiger partial charge in [0.2, 0.25) is 0 Å². The van der Waals surface area contributed by atoms with Crippen LogP contribution in [0.2, 0.25) is 0 Å². The Bertz CT molecular complexity index is 165. The predicted molar refractivity (Wildman–Crippen MR) is 40.7 cm³/mol. The van der Waals surface area contributed by atoms with E-state index in [4.69, 9.17) is 4.55 Å². The van der Waals surface area contributed by atoms with Gasteiger partial charge in [-0.25, -0.2) is 0 Å². The van der Waals surface area contributed by atoms with Crippen molar-refractivity contribution in [3.05, 3.63) is 0 Å². The van der Waals surface area contributed by atoms with Crippen LogP contribution in [0.1, 0.15) is 0 Å². The maximum absolute atomic E-state index is 10.1. The van der Waals surface area contributed by atoms with E-state index in [1.807, 2.05) is 0 Å². The van der Waals surface area contributed by atoms with Crippen LogP contribution in [-0.2, 0) is 10.1 Å². The van der Waals surface area contributed by atoms with Gasteiger partial charge in [-0.3, -0.25) is 4.55 Å². The predicted octanol–water partition coefficient (Wildman–Crippen LogP) is -0.945. The molecule has 0 aromatic heterocycles. The average Bonchev–Trinajstić information content (AvgIpc) is 1.59. The maximum atomic E-state index is 10.1. The van der Waals surface area contributed by atoms with E-state index < -0.39 is 10.1 Å². The molecule has 0 fully saturated rings. The molecule has 4 nitrogen and oxygen atoms in total. The molecule has 0 unspecified atom stereocenters. The molecular formula is C4H11KNO3S. The third-order valence-corrected chi connectivity index (χ3v) is 1.49. The molecule has 0 amide bonds. The zero-order valence-corrected chi connectivity index (χ0v) is 10.5. The van der Waals surface area contributed by atoms with E-state index in [0.717, 1.165) is 0 Å². The van der Waals surface area contributed by atoms with Crippen molar-refractivity contribution in [1.82, 2.24) is 4.90 Å². The Morgan fingerprint density at radius 2 is 1.80 bits per heavy atom. The van der Waals surface area contributed by atoms with Gasteiger partial charge in [0.05, 0.1) is 5.75 Å². The van der Waals surface area contributed by atoms with Gasteiger partial charge in [0.1, 0.15) is 0 Å². The quantitative estimate of drug-likeness (QED) is 0.463. The standard InChI is InChI=1S/C4H11NO3S.K/c1-5(2)3-4-9(6,7)8;/h3-4H2,1-2H3,(H,6,7,8);. The van der Waals surface area contributed by atoms with Gasteiger partial charge in [0.25, 0.3) is 10.1 Å². The van der Waals surface area contributed by atoms with E-state index in [9.17, 15) is 8.42 Å². The van der Waals surface area contributed by atoms with Crippen LogP contribution < -0.4 is 0 Å². The second-order valence-corrected chi connectivity index (χ2v) is 3.66. The molecule has 0 aromatic rings. The molecule has 0 saturated carbocycles. The zero-order valence-electron chi connectivity index (χ0n) is 6.53. The number of hydrogen-bond acceptors (Lipinski definition) is 3. The van der Waals surface area contributed by atoms with Crippen LogP contribution in [0.15, 0.2) is 0 Å². The molecule has 0 bridgehead atoms. The van der Waals surface area contributed by atoms with E-state index in [2.05, 4.69) is 0 Å². The third kappa shape index (κ3) is 12.2. The van der Waals surface area contributed by atoms with Gasteiger partial charge < -0.3 is 4.90 Å². The number of rotatable bonds is 3. The van der Waals surface area contributed by atoms with Crippen LogP contribution >= 0.6 is 0 Å². The van der Waals surface area contributed by atoms with Crippen LogP contribution in [0.25, 0.3) is 0 Å². The second kappa shape index (κ2) is 6.07. The molecule has 0 aliphatic heterocycles. The summed E-state index contributed by atoms with van der Waals surface area (Å²) in [5.74, 6) is -0.194. The first kappa shape index (κ1) is 14.1. The second-order valence-electron chi connectivity index (χ2n) is 2.09. The minimum Gasteiger partial charge on any atom is -0.308 e. The van der Waals surface area contributed by atoms with Gasteiger partial charge >= 0.3 is 0 Å². The van der Waals surface area contributed by atoms with Crippen LogP contribution in [0.3, 0.4) is 0 Å². The third-order valence-electron chi connectivity index (χ3n) is 0.796. The molecule has 0 aromatic carbocycles. The van der Waals surface area contributed by atoms with Crippen LogP contribution in [-0.4, -0.2) is 95.6 Å². The molecular weight excluding hydrogens is 181 g/mol.